The van der Waals surface area contributed by atoms with E-state index in [4.69, 9.17) is 11.6 Å². The van der Waals surface area contributed by atoms with E-state index in [1.165, 1.54) is 0 Å². The largest absolute Gasteiger partial charge is 0.476 e. The first-order valence-electron chi connectivity index (χ1n) is 7.08. The molecule has 0 saturated heterocycles. The van der Waals surface area contributed by atoms with Crippen LogP contribution in [0.15, 0.2) is 18.2 Å². The van der Waals surface area contributed by atoms with Crippen LogP contribution in [0.4, 0.5) is 0 Å². The number of carboxylic acids is 1. The summed E-state index contributed by atoms with van der Waals surface area (Å²) in [6.07, 6.45) is 2.64. The molecule has 0 aliphatic heterocycles. The highest BCUT2D eigenvalue weighted by Crippen LogP contribution is 2.32. The lowest BCUT2D eigenvalue weighted by Crippen LogP contribution is -2.14. The van der Waals surface area contributed by atoms with Crippen LogP contribution in [-0.2, 0) is 12.8 Å². The minimum Gasteiger partial charge on any atom is -0.476 e. The highest BCUT2D eigenvalue weighted by atomic mass is 35.5. The molecule has 21 heavy (non-hydrogen) atoms. The van der Waals surface area contributed by atoms with Gasteiger partial charge in [0.1, 0.15) is 0 Å². The van der Waals surface area contributed by atoms with Crippen LogP contribution < -0.4 is 0 Å². The molecule has 2 aromatic rings. The van der Waals surface area contributed by atoms with Crippen molar-refractivity contribution in [3.8, 4) is 5.69 Å². The van der Waals surface area contributed by atoms with E-state index in [2.05, 4.69) is 12.0 Å². The topological polar surface area (TPSA) is 55.1 Å². The zero-order valence-corrected chi connectivity index (χ0v) is 12.8. The molecule has 0 saturated carbocycles. The minimum absolute atomic E-state index is 0.161. The predicted octanol–water partition coefficient (Wildman–Crippen LogP) is 3.66. The van der Waals surface area contributed by atoms with Crippen molar-refractivity contribution in [3.63, 3.8) is 0 Å². The Bertz CT molecular complexity index is 721. The molecule has 0 fully saturated rings. The van der Waals surface area contributed by atoms with Crippen LogP contribution in [0.1, 0.15) is 40.7 Å². The first kappa shape index (κ1) is 14.1. The number of halogens is 1. The van der Waals surface area contributed by atoms with Gasteiger partial charge in [-0.3, -0.25) is 0 Å². The summed E-state index contributed by atoms with van der Waals surface area (Å²) < 4.78 is 1.72. The van der Waals surface area contributed by atoms with Crippen molar-refractivity contribution in [1.29, 1.82) is 0 Å². The third-order valence-electron chi connectivity index (χ3n) is 4.05. The highest BCUT2D eigenvalue weighted by Gasteiger charge is 2.28. The molecule has 5 heteroatoms. The maximum absolute atomic E-state index is 11.5. The lowest BCUT2D eigenvalue weighted by Gasteiger charge is -2.20. The van der Waals surface area contributed by atoms with Crippen molar-refractivity contribution in [3.05, 3.63) is 45.7 Å². The molecule has 1 unspecified atom stereocenters. The van der Waals surface area contributed by atoms with Gasteiger partial charge in [0.15, 0.2) is 5.69 Å². The van der Waals surface area contributed by atoms with Gasteiger partial charge in [0.2, 0.25) is 0 Å². The lowest BCUT2D eigenvalue weighted by atomic mass is 9.87. The SMILES string of the molecule is Cc1ccc(Cl)c(-n2nc(C(=O)O)c3c2CCC(C)C3)c1. The molecule has 0 bridgehead atoms. The van der Waals surface area contributed by atoms with Gasteiger partial charge in [-0.05, 0) is 49.8 Å². The van der Waals surface area contributed by atoms with Gasteiger partial charge in [0.05, 0.1) is 10.7 Å². The number of benzene rings is 1. The quantitative estimate of drug-likeness (QED) is 0.921. The van der Waals surface area contributed by atoms with E-state index in [0.29, 0.717) is 10.9 Å². The van der Waals surface area contributed by atoms with E-state index in [1.807, 2.05) is 25.1 Å². The second-order valence-electron chi connectivity index (χ2n) is 5.79. The van der Waals surface area contributed by atoms with Crippen molar-refractivity contribution in [2.45, 2.75) is 33.1 Å². The molecule has 1 heterocycles. The molecule has 1 atom stereocenters. The molecule has 1 aliphatic rings. The average molecular weight is 305 g/mol. The Morgan fingerprint density at radius 1 is 1.48 bits per heavy atom. The fourth-order valence-electron chi connectivity index (χ4n) is 2.95. The number of rotatable bonds is 2. The third kappa shape index (κ3) is 2.44. The van der Waals surface area contributed by atoms with Gasteiger partial charge in [-0.25, -0.2) is 9.48 Å². The maximum atomic E-state index is 11.5. The molecular formula is C16H17ClN2O2. The molecular weight excluding hydrogens is 288 g/mol. The Hall–Kier alpha value is -1.81. The summed E-state index contributed by atoms with van der Waals surface area (Å²) in [5.41, 5.74) is 3.83. The van der Waals surface area contributed by atoms with Gasteiger partial charge in [-0.1, -0.05) is 24.6 Å². The zero-order valence-electron chi connectivity index (χ0n) is 12.1. The molecule has 110 valence electrons. The maximum Gasteiger partial charge on any atom is 0.356 e. The Morgan fingerprint density at radius 2 is 2.24 bits per heavy atom. The van der Waals surface area contributed by atoms with Crippen molar-refractivity contribution in [2.24, 2.45) is 5.92 Å². The van der Waals surface area contributed by atoms with Gasteiger partial charge >= 0.3 is 5.97 Å². The van der Waals surface area contributed by atoms with E-state index >= 15 is 0 Å². The van der Waals surface area contributed by atoms with Crippen molar-refractivity contribution in [2.75, 3.05) is 0 Å². The summed E-state index contributed by atoms with van der Waals surface area (Å²) in [5, 5.41) is 14.3. The lowest BCUT2D eigenvalue weighted by molar-refractivity contribution is 0.0688. The van der Waals surface area contributed by atoms with Gasteiger partial charge in [0, 0.05) is 11.3 Å². The molecule has 3 rings (SSSR count). The van der Waals surface area contributed by atoms with Crippen LogP contribution in [0.3, 0.4) is 0 Å². The van der Waals surface area contributed by atoms with Crippen LogP contribution in [0.5, 0.6) is 0 Å². The van der Waals surface area contributed by atoms with Gasteiger partial charge in [-0.2, -0.15) is 5.10 Å². The standard InChI is InChI=1S/C16H17ClN2O2/c1-9-4-6-13-11(7-9)15(16(20)21)18-19(13)14-8-10(2)3-5-12(14)17/h3,5,8-9H,4,6-7H2,1-2H3,(H,20,21). The third-order valence-corrected chi connectivity index (χ3v) is 4.37. The van der Waals surface area contributed by atoms with Gasteiger partial charge in [0.25, 0.3) is 0 Å². The molecule has 1 aromatic heterocycles. The van der Waals surface area contributed by atoms with Crippen LogP contribution in [0.25, 0.3) is 5.69 Å². The van der Waals surface area contributed by atoms with E-state index in [1.54, 1.807) is 4.68 Å². The number of nitrogens with zero attached hydrogens (tertiary/aromatic N) is 2. The van der Waals surface area contributed by atoms with Crippen LogP contribution in [-0.4, -0.2) is 20.9 Å². The number of aromatic carboxylic acids is 1. The van der Waals surface area contributed by atoms with E-state index in [0.717, 1.165) is 41.8 Å². The summed E-state index contributed by atoms with van der Waals surface area (Å²) in [4.78, 5) is 11.5. The smallest absolute Gasteiger partial charge is 0.356 e. The molecule has 0 amide bonds. The molecule has 0 spiro atoms. The van der Waals surface area contributed by atoms with Crippen molar-refractivity contribution in [1.82, 2.24) is 9.78 Å². The second-order valence-corrected chi connectivity index (χ2v) is 6.20. The average Bonchev–Trinajstić information content (AvgIpc) is 2.80. The fourth-order valence-corrected chi connectivity index (χ4v) is 3.14. The molecule has 4 nitrogen and oxygen atoms in total. The Balaban J connectivity index is 2.22. The summed E-state index contributed by atoms with van der Waals surface area (Å²) in [6, 6.07) is 5.70. The van der Waals surface area contributed by atoms with Crippen LogP contribution in [0, 0.1) is 12.8 Å². The van der Waals surface area contributed by atoms with E-state index in [9.17, 15) is 9.90 Å². The zero-order chi connectivity index (χ0) is 15.1. The van der Waals surface area contributed by atoms with Crippen LogP contribution >= 0.6 is 11.6 Å². The Kier molecular flexibility index (Phi) is 3.49. The van der Waals surface area contributed by atoms with Gasteiger partial charge in [-0.15, -0.1) is 0 Å². The van der Waals surface area contributed by atoms with E-state index in [-0.39, 0.29) is 5.69 Å². The molecule has 0 radical (unpaired) electrons. The normalized spacial score (nSPS) is 17.6. The number of aromatic nitrogens is 2. The Labute approximate surface area is 128 Å². The number of carbonyl (C=O) groups is 1. The summed E-state index contributed by atoms with van der Waals surface area (Å²) >= 11 is 6.28. The van der Waals surface area contributed by atoms with Gasteiger partial charge < -0.3 is 5.11 Å². The first-order valence-corrected chi connectivity index (χ1v) is 7.45. The Morgan fingerprint density at radius 3 is 2.95 bits per heavy atom. The monoisotopic (exact) mass is 304 g/mol. The fraction of sp³-hybridized carbons (Fsp3) is 0.375. The van der Waals surface area contributed by atoms with E-state index < -0.39 is 5.97 Å². The number of hydrogen-bond donors (Lipinski definition) is 1. The van der Waals surface area contributed by atoms with Crippen LogP contribution in [0.2, 0.25) is 5.02 Å². The van der Waals surface area contributed by atoms with Crippen molar-refractivity contribution < 1.29 is 9.90 Å². The highest BCUT2D eigenvalue weighted by molar-refractivity contribution is 6.32. The molecule has 1 aromatic carbocycles. The summed E-state index contributed by atoms with van der Waals surface area (Å²) in [7, 11) is 0. The second kappa shape index (κ2) is 5.19. The molecule has 1 aliphatic carbocycles. The summed E-state index contributed by atoms with van der Waals surface area (Å²) in [5.74, 6) is -0.482. The first-order chi connectivity index (χ1) is 9.97. The summed E-state index contributed by atoms with van der Waals surface area (Å²) in [6.45, 7) is 4.13. The van der Waals surface area contributed by atoms with Crippen molar-refractivity contribution >= 4 is 17.6 Å². The minimum atomic E-state index is -0.970. The number of hydrogen-bond acceptors (Lipinski definition) is 2. The molecule has 1 N–H and O–H groups in total. The number of carboxylic acid groups (broad SMARTS) is 1. The number of fused-ring (bicyclic) bond motifs is 1. The predicted molar refractivity (Wildman–Crippen MR) is 81.5 cm³/mol. The number of aryl methyl sites for hydroxylation is 1.